The van der Waals surface area contributed by atoms with E-state index < -0.39 is 0 Å². The first kappa shape index (κ1) is 49.0. The Morgan fingerprint density at radius 2 is 1.04 bits per heavy atom. The van der Waals surface area contributed by atoms with Crippen molar-refractivity contribution in [2.45, 2.75) is 158 Å². The number of hydrogen-bond donors (Lipinski definition) is 0. The lowest BCUT2D eigenvalue weighted by Crippen LogP contribution is -2.32. The van der Waals surface area contributed by atoms with Gasteiger partial charge in [0.05, 0.1) is 0 Å². The van der Waals surface area contributed by atoms with Crippen LogP contribution < -0.4 is 4.57 Å². The second kappa shape index (κ2) is 32.9. The van der Waals surface area contributed by atoms with Gasteiger partial charge in [0.2, 0.25) is 0 Å². The first-order valence-electron chi connectivity index (χ1n) is 22.3. The Labute approximate surface area is 350 Å². The minimum absolute atomic E-state index is 0.905. The average molecular weight is 772 g/mol. The molecule has 0 fully saturated rings. The van der Waals surface area contributed by atoms with Crippen molar-refractivity contribution < 1.29 is 4.57 Å². The maximum absolute atomic E-state index is 4.69. The molecule has 0 saturated heterocycles. The summed E-state index contributed by atoms with van der Waals surface area (Å²) in [6, 6.07) is 9.62. The fourth-order valence-corrected chi connectivity index (χ4v) is 6.74. The van der Waals surface area contributed by atoms with Crippen molar-refractivity contribution in [3.63, 3.8) is 0 Å². The zero-order valence-electron chi connectivity index (χ0n) is 37.3. The summed E-state index contributed by atoms with van der Waals surface area (Å²) in [5.41, 5.74) is 11.5. The fourth-order valence-electron chi connectivity index (χ4n) is 6.74. The van der Waals surface area contributed by atoms with E-state index in [1.807, 2.05) is 25.6 Å². The number of nitrogens with zero attached hydrogens (tertiary/aromatic N) is 4. The molecule has 310 valence electrons. The summed E-state index contributed by atoms with van der Waals surface area (Å²) in [5, 5.41) is 0. The Balaban J connectivity index is 2.12. The normalized spacial score (nSPS) is 13.4. The molecule has 2 rings (SSSR count). The highest BCUT2D eigenvalue weighted by Crippen LogP contribution is 2.25. The lowest BCUT2D eigenvalue weighted by Gasteiger charge is -2.17. The predicted molar refractivity (Wildman–Crippen MR) is 254 cm³/mol. The van der Waals surface area contributed by atoms with Crippen molar-refractivity contribution in [1.29, 1.82) is 0 Å². The van der Waals surface area contributed by atoms with Crippen molar-refractivity contribution in [3.8, 4) is 0 Å². The summed E-state index contributed by atoms with van der Waals surface area (Å²) in [4.78, 5) is 14.0. The highest BCUT2D eigenvalue weighted by molar-refractivity contribution is 5.78. The lowest BCUT2D eigenvalue weighted by atomic mass is 9.88. The Morgan fingerprint density at radius 1 is 0.561 bits per heavy atom. The van der Waals surface area contributed by atoms with E-state index >= 15 is 0 Å². The minimum atomic E-state index is 0.905. The summed E-state index contributed by atoms with van der Waals surface area (Å²) in [6.07, 6.45) is 48.4. The molecule has 2 aromatic rings. The molecule has 0 spiro atoms. The van der Waals surface area contributed by atoms with E-state index in [2.05, 4.69) is 152 Å². The Hall–Kier alpha value is -4.18. The van der Waals surface area contributed by atoms with Crippen molar-refractivity contribution in [1.82, 2.24) is 0 Å². The average Bonchev–Trinajstić information content (AvgIpc) is 3.21. The Morgan fingerprint density at radius 3 is 1.49 bits per heavy atom. The van der Waals surface area contributed by atoms with Gasteiger partial charge in [-0.3, -0.25) is 15.0 Å². The summed E-state index contributed by atoms with van der Waals surface area (Å²) in [6.45, 7) is 18.5. The molecule has 1 aromatic carbocycles. The molecular weight excluding hydrogens is 693 g/mol. The Bertz CT molecular complexity index is 1660. The van der Waals surface area contributed by atoms with Crippen LogP contribution >= 0.6 is 0 Å². The summed E-state index contributed by atoms with van der Waals surface area (Å²) < 4.78 is 2.35. The first-order chi connectivity index (χ1) is 27.9. The van der Waals surface area contributed by atoms with E-state index in [0.29, 0.717) is 0 Å². The monoisotopic (exact) mass is 772 g/mol. The zero-order chi connectivity index (χ0) is 41.2. The quantitative estimate of drug-likeness (QED) is 0.0328. The SMILES string of the molecule is C/C=C\C=C(\C)C=NCCCCCc1cc(CCCCCN=C/C=C\C(C)=C/C)c(CCCCC[n+]2cccc(C)c2)cc1CCCCCN=C/C=C\C(C)=C/C. The molecule has 0 atom stereocenters. The smallest absolute Gasteiger partial charge is 0.171 e. The number of pyridine rings is 1. The molecule has 0 saturated carbocycles. The molecule has 0 aliphatic rings. The highest BCUT2D eigenvalue weighted by Gasteiger charge is 2.12. The standard InChI is InChI=1S/C53H79N4/c1-8-11-27-48(6)44-56-37-22-14-18-33-51-42-52(32-17-13-21-36-55-39-25-29-47(5)10-3)53(34-19-15-23-40-57-41-26-30-49(7)45-57)43-50(51)31-16-12-20-35-54-38-24-28-46(4)9-2/h8-11,24-30,38-39,41-45H,12-23,31-37,40H2,1-7H3/q+1/b11-8-,28-24-,29-25-,46-9-,47-10-,48-27-,54-38?,55-39?,56-44?. The predicted octanol–water partition coefficient (Wildman–Crippen LogP) is 13.6. The third-order valence-corrected chi connectivity index (χ3v) is 10.4. The number of unbranched alkanes of at least 4 members (excludes halogenated alkanes) is 8. The van der Waals surface area contributed by atoms with Crippen LogP contribution in [0.15, 0.2) is 123 Å². The van der Waals surface area contributed by atoms with Gasteiger partial charge in [-0.2, -0.15) is 0 Å². The fraction of sp³-hybridized carbons (Fsp3) is 0.509. The molecule has 0 amide bonds. The number of aromatic nitrogens is 1. The van der Waals surface area contributed by atoms with E-state index in [9.17, 15) is 0 Å². The van der Waals surface area contributed by atoms with Gasteiger partial charge < -0.3 is 0 Å². The van der Waals surface area contributed by atoms with E-state index in [4.69, 9.17) is 0 Å². The number of allylic oxidation sites excluding steroid dienone is 12. The van der Waals surface area contributed by atoms with Gasteiger partial charge in [-0.1, -0.05) is 85.1 Å². The van der Waals surface area contributed by atoms with E-state index in [0.717, 1.165) is 51.9 Å². The minimum Gasteiger partial charge on any atom is -0.293 e. The molecule has 0 aliphatic carbocycles. The lowest BCUT2D eigenvalue weighted by molar-refractivity contribution is -0.697. The van der Waals surface area contributed by atoms with Gasteiger partial charge in [0.25, 0.3) is 0 Å². The number of aryl methyl sites for hydroxylation is 6. The van der Waals surface area contributed by atoms with Crippen molar-refractivity contribution >= 4 is 18.6 Å². The molecule has 0 unspecified atom stereocenters. The van der Waals surface area contributed by atoms with Crippen molar-refractivity contribution in [2.24, 2.45) is 15.0 Å². The van der Waals surface area contributed by atoms with Crippen LogP contribution in [0, 0.1) is 6.92 Å². The second-order valence-corrected chi connectivity index (χ2v) is 15.6. The molecule has 4 nitrogen and oxygen atoms in total. The maximum Gasteiger partial charge on any atom is 0.171 e. The first-order valence-corrected chi connectivity index (χ1v) is 22.3. The largest absolute Gasteiger partial charge is 0.293 e. The molecule has 1 aromatic heterocycles. The van der Waals surface area contributed by atoms with Gasteiger partial charge in [-0.15, -0.1) is 0 Å². The van der Waals surface area contributed by atoms with Crippen LogP contribution in [0.25, 0.3) is 0 Å². The molecule has 0 bridgehead atoms. The van der Waals surface area contributed by atoms with Crippen LogP contribution in [0.1, 0.15) is 146 Å². The van der Waals surface area contributed by atoms with Crippen LogP contribution in [0.3, 0.4) is 0 Å². The number of rotatable bonds is 30. The topological polar surface area (TPSA) is 41.0 Å². The Kier molecular flexibility index (Phi) is 28.2. The number of aliphatic imine (C=N–C) groups is 3. The molecule has 0 radical (unpaired) electrons. The highest BCUT2D eigenvalue weighted by atomic mass is 14.9. The third kappa shape index (κ3) is 24.9. The van der Waals surface area contributed by atoms with Crippen molar-refractivity contribution in [3.05, 3.63) is 136 Å². The molecule has 0 aliphatic heterocycles. The molecule has 0 N–H and O–H groups in total. The third-order valence-electron chi connectivity index (χ3n) is 10.4. The number of hydrogen-bond acceptors (Lipinski definition) is 3. The van der Waals surface area contributed by atoms with Crippen LogP contribution in [0.2, 0.25) is 0 Å². The molecule has 4 heteroatoms. The van der Waals surface area contributed by atoms with Gasteiger partial charge in [0, 0.05) is 56.3 Å². The van der Waals surface area contributed by atoms with Crippen LogP contribution in [-0.2, 0) is 32.2 Å². The van der Waals surface area contributed by atoms with Crippen molar-refractivity contribution in [2.75, 3.05) is 19.6 Å². The van der Waals surface area contributed by atoms with E-state index in [1.54, 1.807) is 22.3 Å². The molecular formula is C53H79N4+. The molecule has 57 heavy (non-hydrogen) atoms. The van der Waals surface area contributed by atoms with Gasteiger partial charge in [-0.25, -0.2) is 4.57 Å². The summed E-state index contributed by atoms with van der Waals surface area (Å²) >= 11 is 0. The zero-order valence-corrected chi connectivity index (χ0v) is 37.3. The number of benzene rings is 1. The summed E-state index contributed by atoms with van der Waals surface area (Å²) in [7, 11) is 0. The van der Waals surface area contributed by atoms with E-state index in [-0.39, 0.29) is 0 Å². The molecule has 1 heterocycles. The van der Waals surface area contributed by atoms with E-state index in [1.165, 1.54) is 99.3 Å². The maximum atomic E-state index is 4.69. The van der Waals surface area contributed by atoms with Gasteiger partial charge in [0.1, 0.15) is 6.54 Å². The van der Waals surface area contributed by atoms with Crippen LogP contribution in [-0.4, -0.2) is 38.3 Å². The van der Waals surface area contributed by atoms with Crippen LogP contribution in [0.5, 0.6) is 0 Å². The van der Waals surface area contributed by atoms with Gasteiger partial charge in [-0.05, 0) is 172 Å². The van der Waals surface area contributed by atoms with Gasteiger partial charge in [0.15, 0.2) is 12.4 Å². The second-order valence-electron chi connectivity index (χ2n) is 15.6. The summed E-state index contributed by atoms with van der Waals surface area (Å²) in [5.74, 6) is 0. The van der Waals surface area contributed by atoms with Gasteiger partial charge >= 0.3 is 0 Å². The van der Waals surface area contributed by atoms with Crippen LogP contribution in [0.4, 0.5) is 0 Å².